The van der Waals surface area contributed by atoms with Crippen molar-refractivity contribution in [2.45, 2.75) is 0 Å². The van der Waals surface area contributed by atoms with Gasteiger partial charge in [0.2, 0.25) is 0 Å². The molecule has 0 unspecified atom stereocenters. The number of amides is 1. The van der Waals surface area contributed by atoms with Gasteiger partial charge in [-0.15, -0.1) is 0 Å². The molecule has 2 aromatic carbocycles. The van der Waals surface area contributed by atoms with E-state index in [0.717, 1.165) is 5.56 Å². The minimum absolute atomic E-state index is 0.0258. The zero-order valence-electron chi connectivity index (χ0n) is 14.8. The molecule has 1 amide bonds. The Labute approximate surface area is 163 Å². The van der Waals surface area contributed by atoms with Crippen LogP contribution in [0.5, 0.6) is 5.75 Å². The Kier molecular flexibility index (Phi) is 6.63. The highest BCUT2D eigenvalue weighted by Gasteiger charge is 2.17. The maximum absolute atomic E-state index is 12.3. The first kappa shape index (κ1) is 19.1. The average Bonchev–Trinajstić information content (AvgIpc) is 2.71. The number of hydrogen-bond acceptors (Lipinski definition) is 4. The van der Waals surface area contributed by atoms with Crippen LogP contribution in [-0.2, 0) is 9.53 Å². The van der Waals surface area contributed by atoms with Crippen LogP contribution in [0.4, 0.5) is 0 Å². The number of ether oxygens (including phenoxy) is 2. The molecule has 0 saturated carbocycles. The smallest absolute Gasteiger partial charge is 0.260 e. The van der Waals surface area contributed by atoms with Gasteiger partial charge in [0.15, 0.2) is 12.4 Å². The van der Waals surface area contributed by atoms with Crippen molar-refractivity contribution in [1.29, 1.82) is 0 Å². The summed E-state index contributed by atoms with van der Waals surface area (Å²) in [7, 11) is 0. The molecule has 1 aliphatic rings. The number of nitrogens with zero attached hydrogens (tertiary/aromatic N) is 1. The normalized spacial score (nSPS) is 14.3. The quantitative estimate of drug-likeness (QED) is 0.564. The first-order chi connectivity index (χ1) is 13.1. The number of rotatable bonds is 6. The van der Waals surface area contributed by atoms with Crippen molar-refractivity contribution in [3.63, 3.8) is 0 Å². The first-order valence-electron chi connectivity index (χ1n) is 8.68. The zero-order chi connectivity index (χ0) is 19.1. The van der Waals surface area contributed by atoms with Gasteiger partial charge in [0.05, 0.1) is 13.2 Å². The Bertz CT molecular complexity index is 826. The molecule has 1 saturated heterocycles. The van der Waals surface area contributed by atoms with E-state index in [0.29, 0.717) is 42.6 Å². The maximum Gasteiger partial charge on any atom is 0.260 e. The lowest BCUT2D eigenvalue weighted by atomic mass is 10.1. The molecular formula is C21H20ClNO4. The molecular weight excluding hydrogens is 366 g/mol. The fourth-order valence-electron chi connectivity index (χ4n) is 2.64. The minimum atomic E-state index is -0.120. The Morgan fingerprint density at radius 1 is 1.11 bits per heavy atom. The predicted molar refractivity (Wildman–Crippen MR) is 104 cm³/mol. The van der Waals surface area contributed by atoms with E-state index in [1.807, 2.05) is 12.1 Å². The highest BCUT2D eigenvalue weighted by atomic mass is 35.5. The number of allylic oxidation sites excluding steroid dienone is 1. The van der Waals surface area contributed by atoms with Crippen LogP contribution in [0, 0.1) is 0 Å². The van der Waals surface area contributed by atoms with Gasteiger partial charge in [0.1, 0.15) is 5.75 Å². The number of carbonyl (C=O) groups excluding carboxylic acids is 2. The molecule has 1 fully saturated rings. The van der Waals surface area contributed by atoms with Crippen molar-refractivity contribution in [1.82, 2.24) is 4.90 Å². The minimum Gasteiger partial charge on any atom is -0.484 e. The number of hydrogen-bond donors (Lipinski definition) is 0. The summed E-state index contributed by atoms with van der Waals surface area (Å²) in [6, 6.07) is 14.0. The molecule has 1 aliphatic heterocycles. The third-order valence-corrected chi connectivity index (χ3v) is 4.38. The van der Waals surface area contributed by atoms with Crippen LogP contribution in [0.15, 0.2) is 54.6 Å². The van der Waals surface area contributed by atoms with Gasteiger partial charge < -0.3 is 14.4 Å². The highest BCUT2D eigenvalue weighted by molar-refractivity contribution is 6.30. The molecule has 2 aromatic rings. The van der Waals surface area contributed by atoms with Crippen LogP contribution in [0.2, 0.25) is 5.02 Å². The first-order valence-corrected chi connectivity index (χ1v) is 9.06. The van der Waals surface area contributed by atoms with Crippen molar-refractivity contribution in [3.8, 4) is 5.75 Å². The monoisotopic (exact) mass is 385 g/mol. The van der Waals surface area contributed by atoms with Gasteiger partial charge in [-0.3, -0.25) is 9.59 Å². The van der Waals surface area contributed by atoms with Crippen molar-refractivity contribution in [2.75, 3.05) is 32.9 Å². The molecule has 6 heteroatoms. The van der Waals surface area contributed by atoms with E-state index in [4.69, 9.17) is 21.1 Å². The molecule has 0 N–H and O–H groups in total. The molecule has 5 nitrogen and oxygen atoms in total. The molecule has 140 valence electrons. The zero-order valence-corrected chi connectivity index (χ0v) is 15.5. The van der Waals surface area contributed by atoms with Crippen LogP contribution < -0.4 is 4.74 Å². The van der Waals surface area contributed by atoms with E-state index < -0.39 is 0 Å². The second-order valence-electron chi connectivity index (χ2n) is 6.06. The number of halogens is 1. The molecule has 3 rings (SSSR count). The molecule has 0 aliphatic carbocycles. The van der Waals surface area contributed by atoms with E-state index in [2.05, 4.69) is 0 Å². The summed E-state index contributed by atoms with van der Waals surface area (Å²) in [5, 5.41) is 0.623. The predicted octanol–water partition coefficient (Wildman–Crippen LogP) is 3.47. The van der Waals surface area contributed by atoms with Crippen LogP contribution in [0.3, 0.4) is 0 Å². The van der Waals surface area contributed by atoms with Gasteiger partial charge >= 0.3 is 0 Å². The molecule has 27 heavy (non-hydrogen) atoms. The van der Waals surface area contributed by atoms with Crippen molar-refractivity contribution in [3.05, 3.63) is 70.8 Å². The van der Waals surface area contributed by atoms with E-state index in [9.17, 15) is 9.59 Å². The third-order valence-electron chi connectivity index (χ3n) is 4.14. The summed E-state index contributed by atoms with van der Waals surface area (Å²) >= 11 is 5.93. The fourth-order valence-corrected chi connectivity index (χ4v) is 2.84. The molecule has 0 bridgehead atoms. The molecule has 0 radical (unpaired) electrons. The van der Waals surface area contributed by atoms with Crippen molar-refractivity contribution in [2.24, 2.45) is 0 Å². The van der Waals surface area contributed by atoms with Gasteiger partial charge in [0.25, 0.3) is 5.91 Å². The van der Waals surface area contributed by atoms with Crippen LogP contribution in [0.25, 0.3) is 6.08 Å². The summed E-state index contributed by atoms with van der Waals surface area (Å²) in [5.74, 6) is 0.362. The second-order valence-corrected chi connectivity index (χ2v) is 6.50. The molecule has 0 aromatic heterocycles. The summed E-state index contributed by atoms with van der Waals surface area (Å²) in [6.07, 6.45) is 3.23. The second kappa shape index (κ2) is 9.35. The third kappa shape index (κ3) is 5.67. The van der Waals surface area contributed by atoms with Crippen LogP contribution in [0.1, 0.15) is 15.9 Å². The van der Waals surface area contributed by atoms with Gasteiger partial charge in [0, 0.05) is 23.7 Å². The fraction of sp³-hybridized carbons (Fsp3) is 0.238. The van der Waals surface area contributed by atoms with E-state index in [1.54, 1.807) is 47.4 Å². The van der Waals surface area contributed by atoms with Gasteiger partial charge in [-0.2, -0.15) is 0 Å². The van der Waals surface area contributed by atoms with E-state index in [1.165, 1.54) is 6.08 Å². The van der Waals surface area contributed by atoms with Gasteiger partial charge in [-0.1, -0.05) is 29.8 Å². The Morgan fingerprint density at radius 2 is 1.85 bits per heavy atom. The van der Waals surface area contributed by atoms with Crippen molar-refractivity contribution >= 4 is 29.4 Å². The lowest BCUT2D eigenvalue weighted by molar-refractivity contribution is -0.137. The van der Waals surface area contributed by atoms with Crippen LogP contribution >= 0.6 is 11.6 Å². The maximum atomic E-state index is 12.3. The molecule has 1 heterocycles. The van der Waals surface area contributed by atoms with Gasteiger partial charge in [-0.05, 0) is 48.0 Å². The van der Waals surface area contributed by atoms with Crippen LogP contribution in [-0.4, -0.2) is 49.5 Å². The number of morpholine rings is 1. The Hall–Kier alpha value is -2.63. The Balaban J connectivity index is 1.53. The highest BCUT2D eigenvalue weighted by Crippen LogP contribution is 2.15. The number of carbonyl (C=O) groups is 2. The largest absolute Gasteiger partial charge is 0.484 e. The standard InChI is InChI=1S/C21H20ClNO4/c22-18-3-1-2-16(14-18)4-9-20(24)17-5-7-19(8-6-17)27-15-21(25)23-10-12-26-13-11-23/h1-9,14H,10-13,15H2/b9-4+. The number of benzene rings is 2. The lowest BCUT2D eigenvalue weighted by Gasteiger charge is -2.26. The molecule has 0 spiro atoms. The summed E-state index contributed by atoms with van der Waals surface area (Å²) in [6.45, 7) is 2.28. The van der Waals surface area contributed by atoms with Crippen molar-refractivity contribution < 1.29 is 19.1 Å². The molecule has 0 atom stereocenters. The van der Waals surface area contributed by atoms with Gasteiger partial charge in [-0.25, -0.2) is 0 Å². The SMILES string of the molecule is O=C(/C=C/c1cccc(Cl)c1)c1ccc(OCC(=O)N2CCOCC2)cc1. The van der Waals surface area contributed by atoms with E-state index >= 15 is 0 Å². The average molecular weight is 386 g/mol. The topological polar surface area (TPSA) is 55.8 Å². The lowest BCUT2D eigenvalue weighted by Crippen LogP contribution is -2.42. The Morgan fingerprint density at radius 3 is 2.56 bits per heavy atom. The summed E-state index contributed by atoms with van der Waals surface area (Å²) in [4.78, 5) is 26.0. The summed E-state index contributed by atoms with van der Waals surface area (Å²) < 4.78 is 10.7. The van der Waals surface area contributed by atoms with E-state index in [-0.39, 0.29) is 18.3 Å². The summed E-state index contributed by atoms with van der Waals surface area (Å²) in [5.41, 5.74) is 1.40. The number of ketones is 1.